The Morgan fingerprint density at radius 1 is 1.19 bits per heavy atom. The molecule has 2 aromatic carbocycles. The summed E-state index contributed by atoms with van der Waals surface area (Å²) in [6.07, 6.45) is -0.0181. The fraction of sp³-hybridized carbons (Fsp3) is 0.316. The van der Waals surface area contributed by atoms with Crippen LogP contribution < -0.4 is 10.5 Å². The number of aliphatic imine (C=N–C) groups is 1. The van der Waals surface area contributed by atoms with Crippen molar-refractivity contribution in [2.45, 2.75) is 18.6 Å². The summed E-state index contributed by atoms with van der Waals surface area (Å²) in [5.74, 6) is 0.363. The monoisotopic (exact) mass is 363 g/mol. The van der Waals surface area contributed by atoms with Crippen LogP contribution in [-0.4, -0.2) is 37.7 Å². The summed E-state index contributed by atoms with van der Waals surface area (Å²) in [6, 6.07) is 14.4. The zero-order valence-corrected chi connectivity index (χ0v) is 14.3. The van der Waals surface area contributed by atoms with Crippen molar-refractivity contribution >= 4 is 5.96 Å². The average molecular weight is 363 g/mol. The van der Waals surface area contributed by atoms with Crippen molar-refractivity contribution in [3.8, 4) is 5.75 Å². The Morgan fingerprint density at radius 2 is 1.92 bits per heavy atom. The average Bonchev–Trinajstić information content (AvgIpc) is 2.93. The Balaban J connectivity index is 2.12. The predicted octanol–water partition coefficient (Wildman–Crippen LogP) is 3.30. The number of likely N-dealkylation sites (N-methyl/N-ethyl adjacent to an activating group) is 1. The van der Waals surface area contributed by atoms with Gasteiger partial charge in [0.05, 0.1) is 13.2 Å². The Morgan fingerprint density at radius 3 is 2.50 bits per heavy atom. The molecule has 4 nitrogen and oxygen atoms in total. The van der Waals surface area contributed by atoms with Crippen LogP contribution >= 0.6 is 0 Å². The highest BCUT2D eigenvalue weighted by molar-refractivity contribution is 5.81. The van der Waals surface area contributed by atoms with Gasteiger partial charge in [0.1, 0.15) is 11.3 Å². The standard InChI is InChI=1S/C19H20F3N3O/c1-25-12-19(24-18(25)23,14-5-3-2-4-6-14)15-7-8-16(26-17(21)22)13(11-15)9-10-20/h2-8,11,17H,9-10,12H2,1H3,(H2,23,24)/t19-/m0/s1. The molecule has 0 fully saturated rings. The number of benzene rings is 2. The Hall–Kier alpha value is -2.70. The third-order valence-corrected chi connectivity index (χ3v) is 4.53. The van der Waals surface area contributed by atoms with Crippen LogP contribution in [0.15, 0.2) is 53.5 Å². The van der Waals surface area contributed by atoms with Gasteiger partial charge in [-0.25, -0.2) is 4.99 Å². The van der Waals surface area contributed by atoms with Gasteiger partial charge < -0.3 is 15.4 Å². The molecule has 26 heavy (non-hydrogen) atoms. The summed E-state index contributed by atoms with van der Waals surface area (Å²) >= 11 is 0. The Kier molecular flexibility index (Phi) is 5.06. The molecule has 138 valence electrons. The summed E-state index contributed by atoms with van der Waals surface area (Å²) in [5.41, 5.74) is 7.28. The molecule has 0 bridgehead atoms. The fourth-order valence-corrected chi connectivity index (χ4v) is 3.28. The number of halogens is 3. The van der Waals surface area contributed by atoms with Crippen LogP contribution in [0.1, 0.15) is 16.7 Å². The van der Waals surface area contributed by atoms with Crippen LogP contribution in [0.4, 0.5) is 13.2 Å². The number of guanidine groups is 1. The summed E-state index contributed by atoms with van der Waals surface area (Å²) < 4.78 is 42.7. The second kappa shape index (κ2) is 7.27. The van der Waals surface area contributed by atoms with Crippen LogP contribution in [0.3, 0.4) is 0 Å². The summed E-state index contributed by atoms with van der Waals surface area (Å²) in [4.78, 5) is 6.50. The fourth-order valence-electron chi connectivity index (χ4n) is 3.28. The molecule has 0 amide bonds. The number of rotatable bonds is 6. The van der Waals surface area contributed by atoms with E-state index in [0.29, 0.717) is 18.1 Å². The van der Waals surface area contributed by atoms with Crippen molar-refractivity contribution in [2.24, 2.45) is 10.7 Å². The van der Waals surface area contributed by atoms with Crippen molar-refractivity contribution < 1.29 is 17.9 Å². The zero-order valence-electron chi connectivity index (χ0n) is 14.3. The van der Waals surface area contributed by atoms with Gasteiger partial charge in [-0.15, -0.1) is 0 Å². The number of alkyl halides is 3. The van der Waals surface area contributed by atoms with E-state index in [9.17, 15) is 13.2 Å². The molecule has 0 aliphatic carbocycles. The van der Waals surface area contributed by atoms with Crippen molar-refractivity contribution in [3.63, 3.8) is 0 Å². The molecule has 0 spiro atoms. The number of ether oxygens (including phenoxy) is 1. The largest absolute Gasteiger partial charge is 0.435 e. The van der Waals surface area contributed by atoms with Gasteiger partial charge in [-0.2, -0.15) is 8.78 Å². The quantitative estimate of drug-likeness (QED) is 0.857. The minimum absolute atomic E-state index is 0.0181. The van der Waals surface area contributed by atoms with E-state index in [-0.39, 0.29) is 12.2 Å². The molecule has 0 saturated carbocycles. The number of aryl methyl sites for hydroxylation is 1. The van der Waals surface area contributed by atoms with Crippen LogP contribution in [0.5, 0.6) is 5.75 Å². The summed E-state index contributed by atoms with van der Waals surface area (Å²) in [6.45, 7) is -3.15. The van der Waals surface area contributed by atoms with Crippen molar-refractivity contribution in [3.05, 3.63) is 65.2 Å². The second-order valence-corrected chi connectivity index (χ2v) is 6.19. The maximum Gasteiger partial charge on any atom is 0.387 e. The highest BCUT2D eigenvalue weighted by Gasteiger charge is 2.41. The Labute approximate surface area is 150 Å². The molecular formula is C19H20F3N3O. The lowest BCUT2D eigenvalue weighted by atomic mass is 9.82. The predicted molar refractivity (Wildman–Crippen MR) is 94.2 cm³/mol. The molecular weight excluding hydrogens is 343 g/mol. The van der Waals surface area contributed by atoms with E-state index in [2.05, 4.69) is 9.73 Å². The lowest BCUT2D eigenvalue weighted by molar-refractivity contribution is -0.0505. The normalized spacial score (nSPS) is 19.7. The van der Waals surface area contributed by atoms with E-state index in [0.717, 1.165) is 11.1 Å². The molecule has 1 aliphatic heterocycles. The minimum Gasteiger partial charge on any atom is -0.435 e. The van der Waals surface area contributed by atoms with E-state index in [1.165, 1.54) is 6.07 Å². The molecule has 0 unspecified atom stereocenters. The third kappa shape index (κ3) is 3.34. The first-order valence-corrected chi connectivity index (χ1v) is 8.22. The number of nitrogens with zero attached hydrogens (tertiary/aromatic N) is 2. The lowest BCUT2D eigenvalue weighted by Crippen LogP contribution is -2.34. The van der Waals surface area contributed by atoms with Gasteiger partial charge in [0, 0.05) is 13.5 Å². The van der Waals surface area contributed by atoms with Crippen LogP contribution in [0, 0.1) is 0 Å². The maximum absolute atomic E-state index is 12.9. The highest BCUT2D eigenvalue weighted by Crippen LogP contribution is 2.39. The number of hydrogen-bond acceptors (Lipinski definition) is 4. The minimum atomic E-state index is -2.96. The third-order valence-electron chi connectivity index (χ3n) is 4.53. The smallest absolute Gasteiger partial charge is 0.387 e. The first-order valence-electron chi connectivity index (χ1n) is 8.22. The first kappa shape index (κ1) is 18.1. The van der Waals surface area contributed by atoms with Crippen LogP contribution in [0.25, 0.3) is 0 Å². The van der Waals surface area contributed by atoms with Crippen LogP contribution in [0.2, 0.25) is 0 Å². The van der Waals surface area contributed by atoms with E-state index in [1.807, 2.05) is 42.3 Å². The van der Waals surface area contributed by atoms with Gasteiger partial charge in [0.2, 0.25) is 0 Å². The van der Waals surface area contributed by atoms with Gasteiger partial charge in [0.15, 0.2) is 5.96 Å². The second-order valence-electron chi connectivity index (χ2n) is 6.19. The van der Waals surface area contributed by atoms with E-state index >= 15 is 0 Å². The molecule has 2 N–H and O–H groups in total. The van der Waals surface area contributed by atoms with E-state index in [1.54, 1.807) is 12.1 Å². The van der Waals surface area contributed by atoms with E-state index < -0.39 is 18.8 Å². The molecule has 7 heteroatoms. The van der Waals surface area contributed by atoms with Gasteiger partial charge in [-0.05, 0) is 28.8 Å². The maximum atomic E-state index is 12.9. The molecule has 1 heterocycles. The molecule has 3 rings (SSSR count). The summed E-state index contributed by atoms with van der Waals surface area (Å²) in [7, 11) is 1.83. The molecule has 1 aliphatic rings. The SMILES string of the molecule is CN1C[C@](c2ccccc2)(c2ccc(OC(F)F)c(CCF)c2)N=C1N. The van der Waals surface area contributed by atoms with Gasteiger partial charge in [-0.3, -0.25) is 4.39 Å². The van der Waals surface area contributed by atoms with Gasteiger partial charge in [0.25, 0.3) is 0 Å². The lowest BCUT2D eigenvalue weighted by Gasteiger charge is -2.29. The number of hydrogen-bond donors (Lipinski definition) is 1. The van der Waals surface area contributed by atoms with E-state index in [4.69, 9.17) is 5.73 Å². The molecule has 0 saturated heterocycles. The Bertz CT molecular complexity index is 798. The molecule has 2 aromatic rings. The topological polar surface area (TPSA) is 50.8 Å². The molecule has 1 atom stereocenters. The zero-order chi connectivity index (χ0) is 18.7. The summed E-state index contributed by atoms with van der Waals surface area (Å²) in [5, 5.41) is 0. The van der Waals surface area contributed by atoms with Crippen molar-refractivity contribution in [2.75, 3.05) is 20.3 Å². The van der Waals surface area contributed by atoms with Crippen LogP contribution in [-0.2, 0) is 12.0 Å². The number of nitrogens with two attached hydrogens (primary N) is 1. The van der Waals surface area contributed by atoms with Gasteiger partial charge >= 0.3 is 6.61 Å². The molecule has 0 aromatic heterocycles. The van der Waals surface area contributed by atoms with Crippen molar-refractivity contribution in [1.29, 1.82) is 0 Å². The van der Waals surface area contributed by atoms with Gasteiger partial charge in [-0.1, -0.05) is 36.4 Å². The first-order chi connectivity index (χ1) is 12.5. The van der Waals surface area contributed by atoms with Crippen molar-refractivity contribution in [1.82, 2.24) is 4.90 Å². The molecule has 0 radical (unpaired) electrons. The highest BCUT2D eigenvalue weighted by atomic mass is 19.3.